The minimum absolute atomic E-state index is 0.0605. The van der Waals surface area contributed by atoms with E-state index in [9.17, 15) is 9.59 Å². The zero-order chi connectivity index (χ0) is 13.0. The average Bonchev–Trinajstić information content (AvgIpc) is 2.73. The van der Waals surface area contributed by atoms with Gasteiger partial charge in [0.05, 0.1) is 18.6 Å². The molecule has 1 aliphatic carbocycles. The summed E-state index contributed by atoms with van der Waals surface area (Å²) in [5, 5.41) is 8.87. The number of carbonyl (C=O) groups excluding carboxylic acids is 1. The van der Waals surface area contributed by atoms with Crippen molar-refractivity contribution < 1.29 is 19.4 Å². The molecule has 5 heteroatoms. The van der Waals surface area contributed by atoms with Crippen LogP contribution in [0.2, 0.25) is 0 Å². The van der Waals surface area contributed by atoms with Crippen LogP contribution < -0.4 is 0 Å². The average molecular weight is 255 g/mol. The van der Waals surface area contributed by atoms with Crippen molar-refractivity contribution in [2.24, 2.45) is 5.92 Å². The number of amides is 1. The monoisotopic (exact) mass is 255 g/mol. The molecule has 102 valence electrons. The number of carbonyl (C=O) groups is 2. The van der Waals surface area contributed by atoms with Crippen molar-refractivity contribution in [1.29, 1.82) is 0 Å². The summed E-state index contributed by atoms with van der Waals surface area (Å²) in [5.41, 5.74) is 0. The highest BCUT2D eigenvalue weighted by atomic mass is 16.5. The summed E-state index contributed by atoms with van der Waals surface area (Å²) in [6, 6.07) is 0. The highest BCUT2D eigenvalue weighted by molar-refractivity contribution is 5.86. The Labute approximate surface area is 107 Å². The fourth-order valence-electron chi connectivity index (χ4n) is 2.72. The van der Waals surface area contributed by atoms with E-state index >= 15 is 0 Å². The van der Waals surface area contributed by atoms with Crippen LogP contribution in [0.25, 0.3) is 0 Å². The number of hydrogen-bond acceptors (Lipinski definition) is 3. The molecule has 2 rings (SSSR count). The normalized spacial score (nSPS) is 25.7. The predicted molar refractivity (Wildman–Crippen MR) is 65.1 cm³/mol. The molecule has 0 radical (unpaired) electrons. The Morgan fingerprint density at radius 1 is 1.33 bits per heavy atom. The van der Waals surface area contributed by atoms with E-state index in [4.69, 9.17) is 9.84 Å². The summed E-state index contributed by atoms with van der Waals surface area (Å²) in [7, 11) is 0. The van der Waals surface area contributed by atoms with Gasteiger partial charge in [0, 0.05) is 19.5 Å². The molecule has 2 fully saturated rings. The Balaban J connectivity index is 1.67. The molecular weight excluding hydrogens is 234 g/mol. The molecule has 5 nitrogen and oxygen atoms in total. The summed E-state index contributed by atoms with van der Waals surface area (Å²) in [6.45, 7) is 1.39. The second-order valence-electron chi connectivity index (χ2n) is 5.21. The molecule has 0 aromatic carbocycles. The third kappa shape index (κ3) is 3.45. The smallest absolute Gasteiger partial charge is 0.308 e. The number of likely N-dealkylation sites (tertiary alicyclic amines) is 1. The summed E-state index contributed by atoms with van der Waals surface area (Å²) in [4.78, 5) is 24.0. The van der Waals surface area contributed by atoms with E-state index < -0.39 is 11.9 Å². The Hall–Kier alpha value is -1.10. The van der Waals surface area contributed by atoms with E-state index in [1.807, 2.05) is 0 Å². The SMILES string of the molecule is O=C(O)C1CC(=O)N(CCOC2CCCCC2)C1. The molecule has 0 aromatic rings. The second-order valence-corrected chi connectivity index (χ2v) is 5.21. The van der Waals surface area contributed by atoms with Gasteiger partial charge in [-0.25, -0.2) is 0 Å². The first-order chi connectivity index (χ1) is 8.66. The van der Waals surface area contributed by atoms with E-state index in [1.54, 1.807) is 4.90 Å². The van der Waals surface area contributed by atoms with Crippen molar-refractivity contribution in [3.05, 3.63) is 0 Å². The lowest BCUT2D eigenvalue weighted by molar-refractivity contribution is -0.141. The van der Waals surface area contributed by atoms with E-state index in [2.05, 4.69) is 0 Å². The van der Waals surface area contributed by atoms with Gasteiger partial charge in [-0.3, -0.25) is 9.59 Å². The molecule has 1 unspecified atom stereocenters. The molecular formula is C13H21NO4. The van der Waals surface area contributed by atoms with Gasteiger partial charge in [0.1, 0.15) is 0 Å². The van der Waals surface area contributed by atoms with Crippen LogP contribution in [0.4, 0.5) is 0 Å². The topological polar surface area (TPSA) is 66.8 Å². The van der Waals surface area contributed by atoms with Crippen molar-refractivity contribution in [2.75, 3.05) is 19.7 Å². The predicted octanol–water partition coefficient (Wildman–Crippen LogP) is 1.27. The first-order valence-electron chi connectivity index (χ1n) is 6.79. The maximum Gasteiger partial charge on any atom is 0.308 e. The van der Waals surface area contributed by atoms with Gasteiger partial charge < -0.3 is 14.7 Å². The van der Waals surface area contributed by atoms with Gasteiger partial charge >= 0.3 is 5.97 Å². The summed E-state index contributed by atoms with van der Waals surface area (Å²) in [5.74, 6) is -1.47. The highest BCUT2D eigenvalue weighted by Gasteiger charge is 2.33. The van der Waals surface area contributed by atoms with Crippen molar-refractivity contribution in [3.8, 4) is 0 Å². The van der Waals surface area contributed by atoms with E-state index in [1.165, 1.54) is 19.3 Å². The number of carboxylic acid groups (broad SMARTS) is 1. The number of carboxylic acids is 1. The van der Waals surface area contributed by atoms with E-state index in [0.29, 0.717) is 25.8 Å². The Bertz CT molecular complexity index is 312. The molecule has 18 heavy (non-hydrogen) atoms. The molecule has 2 aliphatic rings. The van der Waals surface area contributed by atoms with Crippen molar-refractivity contribution in [2.45, 2.75) is 44.6 Å². The Morgan fingerprint density at radius 2 is 2.06 bits per heavy atom. The van der Waals surface area contributed by atoms with Crippen LogP contribution in [0.1, 0.15) is 38.5 Å². The van der Waals surface area contributed by atoms with E-state index in [-0.39, 0.29) is 12.3 Å². The lowest BCUT2D eigenvalue weighted by Crippen LogP contribution is -2.31. The van der Waals surface area contributed by atoms with Gasteiger partial charge in [0.15, 0.2) is 0 Å². The molecule has 0 bridgehead atoms. The first-order valence-corrected chi connectivity index (χ1v) is 6.79. The van der Waals surface area contributed by atoms with Crippen molar-refractivity contribution in [1.82, 2.24) is 4.90 Å². The molecule has 1 saturated carbocycles. The standard InChI is InChI=1S/C13H21NO4/c15-12-8-10(13(16)17)9-14(12)6-7-18-11-4-2-1-3-5-11/h10-11H,1-9H2,(H,16,17). The maximum atomic E-state index is 11.6. The largest absolute Gasteiger partial charge is 0.481 e. The van der Waals surface area contributed by atoms with Gasteiger partial charge in [-0.05, 0) is 12.8 Å². The number of rotatable bonds is 5. The minimum Gasteiger partial charge on any atom is -0.481 e. The van der Waals surface area contributed by atoms with E-state index in [0.717, 1.165) is 12.8 Å². The van der Waals surface area contributed by atoms with Gasteiger partial charge in [-0.2, -0.15) is 0 Å². The minimum atomic E-state index is -0.876. The number of nitrogens with zero attached hydrogens (tertiary/aromatic N) is 1. The third-order valence-electron chi connectivity index (χ3n) is 3.83. The van der Waals surface area contributed by atoms with Crippen LogP contribution in [0.5, 0.6) is 0 Å². The fourth-order valence-corrected chi connectivity index (χ4v) is 2.72. The fraction of sp³-hybridized carbons (Fsp3) is 0.846. The molecule has 1 atom stereocenters. The van der Waals surface area contributed by atoms with Gasteiger partial charge in [0.2, 0.25) is 5.91 Å². The molecule has 1 aliphatic heterocycles. The molecule has 0 aromatic heterocycles. The summed E-state index contributed by atoms with van der Waals surface area (Å²) < 4.78 is 5.75. The first kappa shape index (κ1) is 13.3. The molecule has 1 heterocycles. The zero-order valence-electron chi connectivity index (χ0n) is 10.6. The summed E-state index contributed by atoms with van der Waals surface area (Å²) in [6.07, 6.45) is 6.47. The van der Waals surface area contributed by atoms with Crippen LogP contribution in [0, 0.1) is 5.92 Å². The second kappa shape index (κ2) is 6.18. The van der Waals surface area contributed by atoms with Crippen molar-refractivity contribution in [3.63, 3.8) is 0 Å². The van der Waals surface area contributed by atoms with Gasteiger partial charge in [-0.1, -0.05) is 19.3 Å². The summed E-state index contributed by atoms with van der Waals surface area (Å²) >= 11 is 0. The van der Waals surface area contributed by atoms with Crippen LogP contribution in [0.3, 0.4) is 0 Å². The zero-order valence-corrected chi connectivity index (χ0v) is 10.6. The van der Waals surface area contributed by atoms with Crippen LogP contribution in [-0.2, 0) is 14.3 Å². The van der Waals surface area contributed by atoms with Crippen LogP contribution >= 0.6 is 0 Å². The highest BCUT2D eigenvalue weighted by Crippen LogP contribution is 2.21. The number of ether oxygens (including phenoxy) is 1. The molecule has 1 amide bonds. The molecule has 1 N–H and O–H groups in total. The van der Waals surface area contributed by atoms with Crippen LogP contribution in [-0.4, -0.2) is 47.7 Å². The van der Waals surface area contributed by atoms with Gasteiger partial charge in [0.25, 0.3) is 0 Å². The number of hydrogen-bond donors (Lipinski definition) is 1. The Kier molecular flexibility index (Phi) is 4.58. The number of aliphatic carboxylic acids is 1. The lowest BCUT2D eigenvalue weighted by Gasteiger charge is -2.23. The lowest BCUT2D eigenvalue weighted by atomic mass is 9.98. The Morgan fingerprint density at radius 3 is 2.67 bits per heavy atom. The van der Waals surface area contributed by atoms with Crippen LogP contribution in [0.15, 0.2) is 0 Å². The maximum absolute atomic E-state index is 11.6. The quantitative estimate of drug-likeness (QED) is 0.803. The molecule has 1 saturated heterocycles. The third-order valence-corrected chi connectivity index (χ3v) is 3.83. The molecule has 0 spiro atoms. The van der Waals surface area contributed by atoms with Gasteiger partial charge in [-0.15, -0.1) is 0 Å². The van der Waals surface area contributed by atoms with Crippen molar-refractivity contribution >= 4 is 11.9 Å².